The topological polar surface area (TPSA) is 24.9 Å². The van der Waals surface area contributed by atoms with Crippen LogP contribution in [0.1, 0.15) is 26.5 Å². The van der Waals surface area contributed by atoms with Gasteiger partial charge in [0.2, 0.25) is 0 Å². The third kappa shape index (κ3) is 3.26. The van der Waals surface area contributed by atoms with Gasteiger partial charge < -0.3 is 5.32 Å². The summed E-state index contributed by atoms with van der Waals surface area (Å²) in [4.78, 5) is 4.38. The Labute approximate surface area is 107 Å². The van der Waals surface area contributed by atoms with E-state index in [0.717, 1.165) is 24.0 Å². The maximum absolute atomic E-state index is 13.6. The van der Waals surface area contributed by atoms with Crippen LogP contribution in [0.2, 0.25) is 0 Å². The third-order valence-electron chi connectivity index (χ3n) is 2.77. The number of nitrogens with one attached hydrogen (secondary N) is 1. The van der Waals surface area contributed by atoms with E-state index in [1.807, 2.05) is 18.2 Å². The van der Waals surface area contributed by atoms with Gasteiger partial charge in [-0.15, -0.1) is 0 Å². The van der Waals surface area contributed by atoms with Crippen molar-refractivity contribution in [2.24, 2.45) is 0 Å². The Kier molecular flexibility index (Phi) is 3.62. The highest BCUT2D eigenvalue weighted by Gasteiger charge is 2.08. The van der Waals surface area contributed by atoms with Crippen molar-refractivity contribution in [3.8, 4) is 0 Å². The lowest BCUT2D eigenvalue weighted by atomic mass is 10.1. The number of nitrogens with zero attached hydrogens (tertiary/aromatic N) is 1. The van der Waals surface area contributed by atoms with E-state index < -0.39 is 0 Å². The minimum atomic E-state index is -0.252. The van der Waals surface area contributed by atoms with Gasteiger partial charge in [-0.3, -0.25) is 0 Å². The van der Waals surface area contributed by atoms with Crippen molar-refractivity contribution < 1.29 is 4.39 Å². The fourth-order valence-corrected chi connectivity index (χ4v) is 1.86. The molecule has 1 heterocycles. The van der Waals surface area contributed by atoms with Gasteiger partial charge in [-0.1, -0.05) is 18.2 Å². The molecule has 18 heavy (non-hydrogen) atoms. The van der Waals surface area contributed by atoms with Gasteiger partial charge in [0.25, 0.3) is 0 Å². The average Bonchev–Trinajstić information content (AvgIpc) is 2.28. The molecule has 2 aromatic rings. The molecule has 0 radical (unpaired) electrons. The van der Waals surface area contributed by atoms with E-state index in [2.05, 4.69) is 31.1 Å². The van der Waals surface area contributed by atoms with Crippen LogP contribution < -0.4 is 5.32 Å². The van der Waals surface area contributed by atoms with Crippen LogP contribution in [0.25, 0.3) is 10.9 Å². The van der Waals surface area contributed by atoms with Gasteiger partial charge in [-0.2, -0.15) is 0 Å². The minimum absolute atomic E-state index is 0.0993. The molecule has 0 aliphatic rings. The van der Waals surface area contributed by atoms with Gasteiger partial charge in [-0.25, -0.2) is 9.37 Å². The monoisotopic (exact) mass is 246 g/mol. The summed E-state index contributed by atoms with van der Waals surface area (Å²) in [6.07, 6.45) is 0.807. The number of para-hydroxylation sites is 1. The molecule has 0 aliphatic heterocycles. The van der Waals surface area contributed by atoms with Crippen molar-refractivity contribution in [2.75, 3.05) is 6.54 Å². The van der Waals surface area contributed by atoms with E-state index in [0.29, 0.717) is 5.52 Å². The Bertz CT molecular complexity index is 544. The van der Waals surface area contributed by atoms with Crippen LogP contribution in [0.4, 0.5) is 4.39 Å². The van der Waals surface area contributed by atoms with Crippen molar-refractivity contribution >= 4 is 10.9 Å². The number of aromatic nitrogens is 1. The predicted molar refractivity (Wildman–Crippen MR) is 73.2 cm³/mol. The highest BCUT2D eigenvalue weighted by Crippen LogP contribution is 2.16. The Morgan fingerprint density at radius 3 is 2.67 bits per heavy atom. The number of pyridine rings is 1. The Morgan fingerprint density at radius 1 is 1.17 bits per heavy atom. The summed E-state index contributed by atoms with van der Waals surface area (Å²) in [6.45, 7) is 7.22. The lowest BCUT2D eigenvalue weighted by Gasteiger charge is -2.20. The van der Waals surface area contributed by atoms with Gasteiger partial charge in [0.15, 0.2) is 0 Å². The summed E-state index contributed by atoms with van der Waals surface area (Å²) in [6, 6.07) is 8.93. The molecule has 0 saturated heterocycles. The number of hydrogen-bond acceptors (Lipinski definition) is 2. The number of halogens is 1. The summed E-state index contributed by atoms with van der Waals surface area (Å²) >= 11 is 0. The number of hydrogen-bond donors (Lipinski definition) is 1. The molecule has 1 aromatic heterocycles. The molecule has 0 spiro atoms. The molecule has 0 atom stereocenters. The summed E-state index contributed by atoms with van der Waals surface area (Å²) in [5.74, 6) is -0.252. The number of benzene rings is 1. The Balaban J connectivity index is 2.13. The van der Waals surface area contributed by atoms with E-state index >= 15 is 0 Å². The highest BCUT2D eigenvalue weighted by molar-refractivity contribution is 5.79. The molecule has 0 saturated carbocycles. The molecular weight excluding hydrogens is 227 g/mol. The van der Waals surface area contributed by atoms with Crippen molar-refractivity contribution in [3.05, 3.63) is 41.8 Å². The number of fused-ring (bicyclic) bond motifs is 1. The molecule has 0 aliphatic carbocycles. The molecular formula is C15H19FN2. The second kappa shape index (κ2) is 5.02. The van der Waals surface area contributed by atoms with E-state index in [9.17, 15) is 4.39 Å². The van der Waals surface area contributed by atoms with Crippen LogP contribution in [-0.4, -0.2) is 17.1 Å². The van der Waals surface area contributed by atoms with Gasteiger partial charge in [-0.05, 0) is 32.9 Å². The van der Waals surface area contributed by atoms with Crippen LogP contribution in [0.5, 0.6) is 0 Å². The first-order valence-electron chi connectivity index (χ1n) is 6.25. The van der Waals surface area contributed by atoms with Crippen molar-refractivity contribution in [1.82, 2.24) is 10.3 Å². The Morgan fingerprint density at radius 2 is 1.94 bits per heavy atom. The first-order valence-corrected chi connectivity index (χ1v) is 6.25. The van der Waals surface area contributed by atoms with E-state index in [1.165, 1.54) is 6.07 Å². The highest BCUT2D eigenvalue weighted by atomic mass is 19.1. The summed E-state index contributed by atoms with van der Waals surface area (Å²) in [5.41, 5.74) is 1.48. The molecule has 2 rings (SSSR count). The van der Waals surface area contributed by atoms with Crippen molar-refractivity contribution in [1.29, 1.82) is 0 Å². The maximum atomic E-state index is 13.6. The normalized spacial score (nSPS) is 12.0. The molecule has 0 unspecified atom stereocenters. The fraction of sp³-hybridized carbons (Fsp3) is 0.400. The molecule has 3 heteroatoms. The van der Waals surface area contributed by atoms with Crippen LogP contribution in [-0.2, 0) is 6.42 Å². The average molecular weight is 246 g/mol. The van der Waals surface area contributed by atoms with E-state index in [-0.39, 0.29) is 11.4 Å². The standard InChI is InChI=1S/C15H19FN2/c1-15(2,3)17-10-9-12-8-7-11-5-4-6-13(16)14(11)18-12/h4-8,17H,9-10H2,1-3H3. The second-order valence-corrected chi connectivity index (χ2v) is 5.54. The van der Waals surface area contributed by atoms with E-state index in [1.54, 1.807) is 6.07 Å². The first-order chi connectivity index (χ1) is 8.46. The summed E-state index contributed by atoms with van der Waals surface area (Å²) < 4.78 is 13.6. The lowest BCUT2D eigenvalue weighted by molar-refractivity contribution is 0.428. The third-order valence-corrected chi connectivity index (χ3v) is 2.77. The SMILES string of the molecule is CC(C)(C)NCCc1ccc2cccc(F)c2n1. The molecule has 96 valence electrons. The zero-order valence-corrected chi connectivity index (χ0v) is 11.1. The number of rotatable bonds is 3. The van der Waals surface area contributed by atoms with Gasteiger partial charge in [0.05, 0.1) is 0 Å². The van der Waals surface area contributed by atoms with Crippen molar-refractivity contribution in [2.45, 2.75) is 32.7 Å². The first kappa shape index (κ1) is 13.0. The molecule has 0 fully saturated rings. The van der Waals surface area contributed by atoms with Gasteiger partial charge >= 0.3 is 0 Å². The minimum Gasteiger partial charge on any atom is -0.312 e. The predicted octanol–water partition coefficient (Wildman–Crippen LogP) is 3.30. The fourth-order valence-electron chi connectivity index (χ4n) is 1.86. The maximum Gasteiger partial charge on any atom is 0.149 e. The molecule has 2 nitrogen and oxygen atoms in total. The molecule has 0 bridgehead atoms. The quantitative estimate of drug-likeness (QED) is 0.898. The summed E-state index contributed by atoms with van der Waals surface area (Å²) in [5, 5.41) is 4.25. The second-order valence-electron chi connectivity index (χ2n) is 5.54. The van der Waals surface area contributed by atoms with Gasteiger partial charge in [0, 0.05) is 29.6 Å². The van der Waals surface area contributed by atoms with Crippen LogP contribution >= 0.6 is 0 Å². The van der Waals surface area contributed by atoms with Crippen LogP contribution in [0.3, 0.4) is 0 Å². The lowest BCUT2D eigenvalue weighted by Crippen LogP contribution is -2.37. The van der Waals surface area contributed by atoms with Crippen LogP contribution in [0.15, 0.2) is 30.3 Å². The smallest absolute Gasteiger partial charge is 0.149 e. The van der Waals surface area contributed by atoms with Gasteiger partial charge in [0.1, 0.15) is 11.3 Å². The van der Waals surface area contributed by atoms with E-state index in [4.69, 9.17) is 0 Å². The molecule has 1 aromatic carbocycles. The summed E-state index contributed by atoms with van der Waals surface area (Å²) in [7, 11) is 0. The van der Waals surface area contributed by atoms with Crippen molar-refractivity contribution in [3.63, 3.8) is 0 Å². The molecule has 1 N–H and O–H groups in total. The largest absolute Gasteiger partial charge is 0.312 e. The van der Waals surface area contributed by atoms with Crippen LogP contribution in [0, 0.1) is 5.82 Å². The Hall–Kier alpha value is -1.48. The zero-order valence-electron chi connectivity index (χ0n) is 11.1. The zero-order chi connectivity index (χ0) is 13.2. The molecule has 0 amide bonds.